The first-order valence-electron chi connectivity index (χ1n) is 8.62. The number of allylic oxidation sites excluding steroid dienone is 2. The van der Waals surface area contributed by atoms with Gasteiger partial charge in [0.2, 0.25) is 5.91 Å². The first-order valence-corrected chi connectivity index (χ1v) is 8.62. The standard InChI is InChI=1S/C19H24N2O3/c1-3-21(4-2)15-9-7-14(8-10-15)20-18(22)16-12-5-6-13(11-12)17(16)19(23)24/h5-10,12-13,16-17H,3-4,11H2,1-2H3,(H,20,22)(H,23,24)/t12-,13-,16+,17+/m0/s1. The summed E-state index contributed by atoms with van der Waals surface area (Å²) in [6.07, 6.45) is 4.72. The molecule has 5 heteroatoms. The van der Waals surface area contributed by atoms with Crippen LogP contribution in [0, 0.1) is 23.7 Å². The van der Waals surface area contributed by atoms with Gasteiger partial charge in [0.1, 0.15) is 0 Å². The van der Waals surface area contributed by atoms with Gasteiger partial charge in [-0.2, -0.15) is 0 Å². The Labute approximate surface area is 142 Å². The van der Waals surface area contributed by atoms with Crippen molar-refractivity contribution in [2.75, 3.05) is 23.3 Å². The minimum absolute atomic E-state index is 0.00621. The monoisotopic (exact) mass is 328 g/mol. The highest BCUT2D eigenvalue weighted by molar-refractivity contribution is 5.96. The number of carbonyl (C=O) groups excluding carboxylic acids is 1. The van der Waals surface area contributed by atoms with Gasteiger partial charge in [-0.25, -0.2) is 0 Å². The molecule has 1 aromatic carbocycles. The van der Waals surface area contributed by atoms with E-state index in [2.05, 4.69) is 24.1 Å². The maximum absolute atomic E-state index is 12.6. The van der Waals surface area contributed by atoms with Crippen LogP contribution < -0.4 is 10.2 Å². The fourth-order valence-corrected chi connectivity index (χ4v) is 4.09. The summed E-state index contributed by atoms with van der Waals surface area (Å²) in [6.45, 7) is 6.07. The highest BCUT2D eigenvalue weighted by atomic mass is 16.4. The fraction of sp³-hybridized carbons (Fsp3) is 0.474. The average molecular weight is 328 g/mol. The number of rotatable bonds is 6. The molecule has 3 rings (SSSR count). The molecule has 2 aliphatic rings. The zero-order chi connectivity index (χ0) is 17.3. The van der Waals surface area contributed by atoms with Crippen LogP contribution in [0.5, 0.6) is 0 Å². The van der Waals surface area contributed by atoms with Crippen molar-refractivity contribution < 1.29 is 14.7 Å². The SMILES string of the molecule is CCN(CC)c1ccc(NC(=O)[C@H]2[C@H](C(=O)O)[C@H]3C=C[C@H]2C3)cc1. The van der Waals surface area contributed by atoms with Crippen LogP contribution in [0.15, 0.2) is 36.4 Å². The van der Waals surface area contributed by atoms with Crippen LogP contribution in [-0.2, 0) is 9.59 Å². The Morgan fingerprint density at radius 1 is 1.08 bits per heavy atom. The summed E-state index contributed by atoms with van der Waals surface area (Å²) >= 11 is 0. The van der Waals surface area contributed by atoms with Crippen molar-refractivity contribution >= 4 is 23.3 Å². The second-order valence-corrected chi connectivity index (χ2v) is 6.55. The van der Waals surface area contributed by atoms with E-state index in [9.17, 15) is 14.7 Å². The van der Waals surface area contributed by atoms with Gasteiger partial charge in [0.25, 0.3) is 0 Å². The zero-order valence-corrected chi connectivity index (χ0v) is 14.1. The van der Waals surface area contributed by atoms with Crippen molar-refractivity contribution in [1.29, 1.82) is 0 Å². The molecule has 4 atom stereocenters. The van der Waals surface area contributed by atoms with Gasteiger partial charge < -0.3 is 15.3 Å². The number of hydrogen-bond acceptors (Lipinski definition) is 3. The van der Waals surface area contributed by atoms with Gasteiger partial charge in [0.15, 0.2) is 0 Å². The number of anilines is 2. The minimum atomic E-state index is -0.871. The molecule has 1 amide bonds. The van der Waals surface area contributed by atoms with E-state index in [1.807, 2.05) is 36.4 Å². The lowest BCUT2D eigenvalue weighted by atomic mass is 9.82. The van der Waals surface area contributed by atoms with Gasteiger partial charge in [-0.05, 0) is 56.4 Å². The maximum atomic E-state index is 12.6. The molecule has 0 radical (unpaired) electrons. The molecule has 2 N–H and O–H groups in total. The highest BCUT2D eigenvalue weighted by Crippen LogP contribution is 2.48. The molecule has 24 heavy (non-hydrogen) atoms. The third-order valence-corrected chi connectivity index (χ3v) is 5.31. The molecule has 0 heterocycles. The molecule has 0 aliphatic heterocycles. The molecule has 0 unspecified atom stereocenters. The Balaban J connectivity index is 1.71. The van der Waals surface area contributed by atoms with Gasteiger partial charge in [-0.15, -0.1) is 0 Å². The van der Waals surface area contributed by atoms with E-state index >= 15 is 0 Å². The van der Waals surface area contributed by atoms with Gasteiger partial charge in [0, 0.05) is 24.5 Å². The van der Waals surface area contributed by atoms with E-state index < -0.39 is 17.8 Å². The molecule has 2 bridgehead atoms. The van der Waals surface area contributed by atoms with Crippen molar-refractivity contribution in [3.8, 4) is 0 Å². The van der Waals surface area contributed by atoms with Crippen LogP contribution in [0.1, 0.15) is 20.3 Å². The van der Waals surface area contributed by atoms with E-state index in [-0.39, 0.29) is 17.7 Å². The number of carboxylic acid groups (broad SMARTS) is 1. The minimum Gasteiger partial charge on any atom is -0.481 e. The Hall–Kier alpha value is -2.30. The summed E-state index contributed by atoms with van der Waals surface area (Å²) in [5.74, 6) is -2.09. The van der Waals surface area contributed by atoms with Crippen LogP contribution in [-0.4, -0.2) is 30.1 Å². The van der Waals surface area contributed by atoms with Crippen molar-refractivity contribution in [3.63, 3.8) is 0 Å². The van der Waals surface area contributed by atoms with E-state index in [1.54, 1.807) is 0 Å². The van der Waals surface area contributed by atoms with E-state index in [0.717, 1.165) is 25.2 Å². The molecular formula is C19H24N2O3. The van der Waals surface area contributed by atoms with E-state index in [4.69, 9.17) is 0 Å². The number of nitrogens with one attached hydrogen (secondary N) is 1. The van der Waals surface area contributed by atoms with Gasteiger partial charge in [-0.3, -0.25) is 9.59 Å². The summed E-state index contributed by atoms with van der Waals surface area (Å²) < 4.78 is 0. The van der Waals surface area contributed by atoms with Gasteiger partial charge in [0.05, 0.1) is 11.8 Å². The summed E-state index contributed by atoms with van der Waals surface area (Å²) in [5.41, 5.74) is 1.83. The smallest absolute Gasteiger partial charge is 0.307 e. The summed E-state index contributed by atoms with van der Waals surface area (Å²) in [5, 5.41) is 12.4. The Morgan fingerprint density at radius 3 is 2.21 bits per heavy atom. The lowest BCUT2D eigenvalue weighted by molar-refractivity contribution is -0.146. The molecule has 0 saturated heterocycles. The molecule has 1 saturated carbocycles. The number of nitrogens with zero attached hydrogens (tertiary/aromatic N) is 1. The normalized spacial score (nSPS) is 27.2. The van der Waals surface area contributed by atoms with Gasteiger partial charge >= 0.3 is 5.97 Å². The van der Waals surface area contributed by atoms with E-state index in [0.29, 0.717) is 5.69 Å². The summed E-state index contributed by atoms with van der Waals surface area (Å²) in [6, 6.07) is 7.73. The van der Waals surface area contributed by atoms with Crippen LogP contribution in [0.3, 0.4) is 0 Å². The number of hydrogen-bond donors (Lipinski definition) is 2. The molecule has 5 nitrogen and oxygen atoms in total. The van der Waals surface area contributed by atoms with Crippen LogP contribution >= 0.6 is 0 Å². The predicted octanol–water partition coefficient (Wildman–Crippen LogP) is 2.99. The molecule has 1 aromatic rings. The average Bonchev–Trinajstić information content (AvgIpc) is 3.18. The van der Waals surface area contributed by atoms with Crippen LogP contribution in [0.2, 0.25) is 0 Å². The van der Waals surface area contributed by atoms with Gasteiger partial charge in [-0.1, -0.05) is 12.2 Å². The van der Waals surface area contributed by atoms with E-state index in [1.165, 1.54) is 0 Å². The maximum Gasteiger partial charge on any atom is 0.307 e. The quantitative estimate of drug-likeness (QED) is 0.788. The third kappa shape index (κ3) is 2.90. The zero-order valence-electron chi connectivity index (χ0n) is 14.1. The number of aliphatic carboxylic acids is 1. The van der Waals surface area contributed by atoms with Crippen LogP contribution in [0.25, 0.3) is 0 Å². The Kier molecular flexibility index (Phi) is 4.60. The fourth-order valence-electron chi connectivity index (χ4n) is 4.09. The number of amides is 1. The molecule has 2 aliphatic carbocycles. The Morgan fingerprint density at radius 2 is 1.67 bits per heavy atom. The molecular weight excluding hydrogens is 304 g/mol. The molecule has 1 fully saturated rings. The second-order valence-electron chi connectivity index (χ2n) is 6.55. The number of benzene rings is 1. The molecule has 0 aromatic heterocycles. The second kappa shape index (κ2) is 6.67. The number of carboxylic acids is 1. The first kappa shape index (κ1) is 16.6. The van der Waals surface area contributed by atoms with Crippen molar-refractivity contribution in [2.24, 2.45) is 23.7 Å². The lowest BCUT2D eigenvalue weighted by Gasteiger charge is -2.24. The number of fused-ring (bicyclic) bond motifs is 2. The highest BCUT2D eigenvalue weighted by Gasteiger charge is 2.51. The molecule has 128 valence electrons. The predicted molar refractivity (Wildman–Crippen MR) is 94.0 cm³/mol. The van der Waals surface area contributed by atoms with Crippen molar-refractivity contribution in [2.45, 2.75) is 20.3 Å². The first-order chi connectivity index (χ1) is 11.5. The largest absolute Gasteiger partial charge is 0.481 e. The summed E-state index contributed by atoms with van der Waals surface area (Å²) in [4.78, 5) is 26.4. The van der Waals surface area contributed by atoms with Crippen molar-refractivity contribution in [1.82, 2.24) is 0 Å². The number of carbonyl (C=O) groups is 2. The summed E-state index contributed by atoms with van der Waals surface area (Å²) in [7, 11) is 0. The topological polar surface area (TPSA) is 69.6 Å². The molecule has 0 spiro atoms. The van der Waals surface area contributed by atoms with Crippen molar-refractivity contribution in [3.05, 3.63) is 36.4 Å². The van der Waals surface area contributed by atoms with Crippen LogP contribution in [0.4, 0.5) is 11.4 Å². The lowest BCUT2D eigenvalue weighted by Crippen LogP contribution is -2.36. The Bertz CT molecular complexity index is 649. The third-order valence-electron chi connectivity index (χ3n) is 5.31.